The number of allylic oxidation sites excluding steroid dienone is 1. The highest BCUT2D eigenvalue weighted by Gasteiger charge is 2.11. The van der Waals surface area contributed by atoms with E-state index in [1.165, 1.54) is 26.4 Å². The van der Waals surface area contributed by atoms with Crippen molar-refractivity contribution in [1.29, 1.82) is 0 Å². The smallest absolute Gasteiger partial charge is 0.336 e. The minimum absolute atomic E-state index is 0.232. The Bertz CT molecular complexity index is 1110. The number of ketones is 1. The molecular weight excluding hydrogens is 392 g/mol. The summed E-state index contributed by atoms with van der Waals surface area (Å²) in [6, 6.07) is 21.4. The van der Waals surface area contributed by atoms with Gasteiger partial charge >= 0.3 is 5.97 Å². The van der Waals surface area contributed by atoms with Gasteiger partial charge in [0, 0.05) is 6.08 Å². The van der Waals surface area contributed by atoms with Gasteiger partial charge < -0.3 is 14.2 Å². The number of carbonyl (C=O) groups is 2. The largest absolute Gasteiger partial charge is 0.497 e. The normalized spacial score (nSPS) is 10.9. The molecule has 5 heteroatoms. The number of rotatable bonds is 8. The first-order chi connectivity index (χ1) is 15.1. The van der Waals surface area contributed by atoms with Gasteiger partial charge in [0.1, 0.15) is 17.2 Å². The summed E-state index contributed by atoms with van der Waals surface area (Å²) in [6.45, 7) is 0. The molecule has 0 atom stereocenters. The molecule has 3 aromatic carbocycles. The van der Waals surface area contributed by atoms with Crippen molar-refractivity contribution in [3.63, 3.8) is 0 Å². The van der Waals surface area contributed by atoms with Gasteiger partial charge in [-0.15, -0.1) is 0 Å². The van der Waals surface area contributed by atoms with Gasteiger partial charge in [-0.1, -0.05) is 48.5 Å². The van der Waals surface area contributed by atoms with E-state index in [-0.39, 0.29) is 5.78 Å². The van der Waals surface area contributed by atoms with Crippen molar-refractivity contribution in [3.8, 4) is 17.2 Å². The van der Waals surface area contributed by atoms with Gasteiger partial charge in [-0.25, -0.2) is 4.79 Å². The number of hydrogen-bond donors (Lipinski definition) is 0. The fourth-order valence-electron chi connectivity index (χ4n) is 2.83. The van der Waals surface area contributed by atoms with Crippen LogP contribution in [0.3, 0.4) is 0 Å². The van der Waals surface area contributed by atoms with Crippen molar-refractivity contribution in [1.82, 2.24) is 0 Å². The van der Waals surface area contributed by atoms with E-state index >= 15 is 0 Å². The van der Waals surface area contributed by atoms with E-state index in [0.29, 0.717) is 28.4 Å². The van der Waals surface area contributed by atoms with Crippen LogP contribution in [0, 0.1) is 0 Å². The van der Waals surface area contributed by atoms with Crippen LogP contribution in [-0.2, 0) is 4.79 Å². The number of ether oxygens (including phenoxy) is 3. The Morgan fingerprint density at radius 2 is 1.45 bits per heavy atom. The summed E-state index contributed by atoms with van der Waals surface area (Å²) >= 11 is 0. The van der Waals surface area contributed by atoms with Crippen molar-refractivity contribution in [3.05, 3.63) is 102 Å². The molecule has 0 fully saturated rings. The zero-order valence-corrected chi connectivity index (χ0v) is 17.3. The lowest BCUT2D eigenvalue weighted by molar-refractivity contribution is -0.128. The summed E-state index contributed by atoms with van der Waals surface area (Å²) in [4.78, 5) is 24.7. The first-order valence-corrected chi connectivity index (χ1v) is 9.58. The van der Waals surface area contributed by atoms with E-state index < -0.39 is 5.97 Å². The highest BCUT2D eigenvalue weighted by Crippen LogP contribution is 2.25. The standard InChI is InChI=1S/C26H22O5/c1-29-21-13-15-25(30-2)23(18-21)24(27)14-11-20-9-6-10-22(17-20)31-26(28)16-12-19-7-4-3-5-8-19/h3-18H,1-2H3. The van der Waals surface area contributed by atoms with Crippen molar-refractivity contribution < 1.29 is 23.8 Å². The molecule has 0 unspecified atom stereocenters. The van der Waals surface area contributed by atoms with Crippen LogP contribution < -0.4 is 14.2 Å². The summed E-state index contributed by atoms with van der Waals surface area (Å²) in [5, 5.41) is 0. The average molecular weight is 414 g/mol. The van der Waals surface area contributed by atoms with E-state index in [1.807, 2.05) is 36.4 Å². The topological polar surface area (TPSA) is 61.8 Å². The lowest BCUT2D eigenvalue weighted by Crippen LogP contribution is -2.03. The molecule has 0 saturated carbocycles. The van der Waals surface area contributed by atoms with E-state index in [2.05, 4.69) is 0 Å². The zero-order chi connectivity index (χ0) is 22.1. The lowest BCUT2D eigenvalue weighted by atomic mass is 10.1. The molecule has 5 nitrogen and oxygen atoms in total. The van der Waals surface area contributed by atoms with Crippen molar-refractivity contribution in [2.45, 2.75) is 0 Å². The zero-order valence-electron chi connectivity index (χ0n) is 17.3. The van der Waals surface area contributed by atoms with Crippen LogP contribution in [0.1, 0.15) is 21.5 Å². The Morgan fingerprint density at radius 3 is 2.19 bits per heavy atom. The number of carbonyl (C=O) groups excluding carboxylic acids is 2. The lowest BCUT2D eigenvalue weighted by Gasteiger charge is -2.08. The van der Waals surface area contributed by atoms with Gasteiger partial charge in [0.25, 0.3) is 0 Å². The Kier molecular flexibility index (Phi) is 7.38. The predicted octanol–water partition coefficient (Wildman–Crippen LogP) is 5.22. The molecule has 0 aliphatic heterocycles. The molecule has 0 spiro atoms. The van der Waals surface area contributed by atoms with Gasteiger partial charge in [0.15, 0.2) is 5.78 Å². The minimum Gasteiger partial charge on any atom is -0.497 e. The number of methoxy groups -OCH3 is 2. The number of esters is 1. The molecule has 0 aliphatic rings. The molecule has 0 radical (unpaired) electrons. The van der Waals surface area contributed by atoms with Crippen LogP contribution in [0.4, 0.5) is 0 Å². The molecule has 3 rings (SSSR count). The molecule has 0 amide bonds. The Labute approximate surface area is 181 Å². The van der Waals surface area contributed by atoms with E-state index in [4.69, 9.17) is 14.2 Å². The molecule has 156 valence electrons. The Morgan fingerprint density at radius 1 is 0.710 bits per heavy atom. The molecule has 3 aromatic rings. The maximum Gasteiger partial charge on any atom is 0.336 e. The van der Waals surface area contributed by atoms with Gasteiger partial charge in [0.2, 0.25) is 0 Å². The summed E-state index contributed by atoms with van der Waals surface area (Å²) in [5.74, 6) is 0.695. The monoisotopic (exact) mass is 414 g/mol. The number of hydrogen-bond acceptors (Lipinski definition) is 5. The van der Waals surface area contributed by atoms with Crippen molar-refractivity contribution in [2.24, 2.45) is 0 Å². The van der Waals surface area contributed by atoms with Crippen molar-refractivity contribution >= 4 is 23.9 Å². The molecule has 31 heavy (non-hydrogen) atoms. The maximum atomic E-state index is 12.6. The SMILES string of the molecule is COc1ccc(OC)c(C(=O)C=Cc2cccc(OC(=O)C=Cc3ccccc3)c2)c1. The van der Waals surface area contributed by atoms with Crippen LogP contribution in [0.25, 0.3) is 12.2 Å². The third kappa shape index (κ3) is 6.18. The second kappa shape index (κ2) is 10.6. The summed E-state index contributed by atoms with van der Waals surface area (Å²) in [7, 11) is 3.04. The van der Waals surface area contributed by atoms with Crippen LogP contribution >= 0.6 is 0 Å². The number of benzene rings is 3. The molecule has 0 aliphatic carbocycles. The van der Waals surface area contributed by atoms with Gasteiger partial charge in [-0.05, 0) is 53.6 Å². The highest BCUT2D eigenvalue weighted by molar-refractivity contribution is 6.09. The second-order valence-corrected chi connectivity index (χ2v) is 6.50. The van der Waals surface area contributed by atoms with E-state index in [9.17, 15) is 9.59 Å². The molecule has 0 N–H and O–H groups in total. The highest BCUT2D eigenvalue weighted by atomic mass is 16.5. The molecule has 0 heterocycles. The Balaban J connectivity index is 1.69. The van der Waals surface area contributed by atoms with Crippen LogP contribution in [0.5, 0.6) is 17.2 Å². The minimum atomic E-state index is -0.484. The first kappa shape index (κ1) is 21.6. The maximum absolute atomic E-state index is 12.6. The third-order valence-electron chi connectivity index (χ3n) is 4.39. The summed E-state index contributed by atoms with van der Waals surface area (Å²) < 4.78 is 15.8. The van der Waals surface area contributed by atoms with Gasteiger partial charge in [-0.3, -0.25) is 4.79 Å². The fraction of sp³-hybridized carbons (Fsp3) is 0.0769. The Hall–Kier alpha value is -4.12. The first-order valence-electron chi connectivity index (χ1n) is 9.58. The fourth-order valence-corrected chi connectivity index (χ4v) is 2.83. The quantitative estimate of drug-likeness (QED) is 0.219. The molecular formula is C26H22O5. The molecule has 0 aromatic heterocycles. The van der Waals surface area contributed by atoms with E-state index in [0.717, 1.165) is 5.56 Å². The third-order valence-corrected chi connectivity index (χ3v) is 4.39. The van der Waals surface area contributed by atoms with E-state index in [1.54, 1.807) is 48.6 Å². The van der Waals surface area contributed by atoms with Gasteiger partial charge in [0.05, 0.1) is 19.8 Å². The average Bonchev–Trinajstić information content (AvgIpc) is 2.81. The van der Waals surface area contributed by atoms with Crippen LogP contribution in [0.2, 0.25) is 0 Å². The second-order valence-electron chi connectivity index (χ2n) is 6.50. The molecule has 0 bridgehead atoms. The summed E-state index contributed by atoms with van der Waals surface area (Å²) in [5.41, 5.74) is 2.02. The molecule has 0 saturated heterocycles. The van der Waals surface area contributed by atoms with Gasteiger partial charge in [-0.2, -0.15) is 0 Å². The van der Waals surface area contributed by atoms with Crippen molar-refractivity contribution in [2.75, 3.05) is 14.2 Å². The van der Waals surface area contributed by atoms with Crippen LogP contribution in [-0.4, -0.2) is 26.0 Å². The summed E-state index contributed by atoms with van der Waals surface area (Å²) in [6.07, 6.45) is 6.15. The predicted molar refractivity (Wildman–Crippen MR) is 120 cm³/mol. The van der Waals surface area contributed by atoms with Crippen LogP contribution in [0.15, 0.2) is 84.9 Å².